The van der Waals surface area contributed by atoms with Crippen molar-refractivity contribution in [2.45, 2.75) is 31.5 Å². The summed E-state index contributed by atoms with van der Waals surface area (Å²) in [6.07, 6.45) is 4.13. The fourth-order valence-corrected chi connectivity index (χ4v) is 2.69. The molecule has 92 valence electrons. The first-order chi connectivity index (χ1) is 7.74. The molecular formula is C12H20BrNO2. The summed E-state index contributed by atoms with van der Waals surface area (Å²) in [5, 5.41) is 0. The molecule has 0 aliphatic carbocycles. The van der Waals surface area contributed by atoms with Gasteiger partial charge in [-0.3, -0.25) is 4.90 Å². The summed E-state index contributed by atoms with van der Waals surface area (Å²) < 4.78 is 12.4. The highest BCUT2D eigenvalue weighted by atomic mass is 79.9. The molecule has 0 aromatic carbocycles. The van der Waals surface area contributed by atoms with Crippen LogP contribution in [0.15, 0.2) is 11.1 Å². The van der Waals surface area contributed by atoms with Crippen molar-refractivity contribution in [1.29, 1.82) is 0 Å². The van der Waals surface area contributed by atoms with E-state index >= 15 is 0 Å². The van der Waals surface area contributed by atoms with E-state index in [1.54, 1.807) is 0 Å². The molecule has 0 N–H and O–H groups in total. The van der Waals surface area contributed by atoms with Gasteiger partial charge in [-0.15, -0.1) is 0 Å². The fraction of sp³-hybridized carbons (Fsp3) is 0.833. The Kier molecular flexibility index (Phi) is 4.82. The van der Waals surface area contributed by atoms with Crippen molar-refractivity contribution in [3.8, 4) is 0 Å². The predicted octanol–water partition coefficient (Wildman–Crippen LogP) is 2.16. The zero-order valence-electron chi connectivity index (χ0n) is 9.66. The largest absolute Gasteiger partial charge is 0.379 e. The van der Waals surface area contributed by atoms with Crippen molar-refractivity contribution in [3.63, 3.8) is 0 Å². The second-order valence-electron chi connectivity index (χ2n) is 4.61. The van der Waals surface area contributed by atoms with Crippen LogP contribution in [0.3, 0.4) is 0 Å². The van der Waals surface area contributed by atoms with Gasteiger partial charge in [-0.2, -0.15) is 0 Å². The summed E-state index contributed by atoms with van der Waals surface area (Å²) in [5.41, 5.74) is 0. The maximum atomic E-state index is 6.02. The van der Waals surface area contributed by atoms with Gasteiger partial charge >= 0.3 is 0 Å². The summed E-state index contributed by atoms with van der Waals surface area (Å²) in [5.74, 6) is 0. The molecule has 2 heterocycles. The molecule has 2 aliphatic heterocycles. The van der Waals surface area contributed by atoms with Crippen LogP contribution >= 0.6 is 15.9 Å². The average molecular weight is 290 g/mol. The highest BCUT2D eigenvalue weighted by molar-refractivity contribution is 9.11. The SMILES string of the molecule is C=C(Br)CN1CCC(O[C@@H]2CCOC2)CC1. The van der Waals surface area contributed by atoms with Crippen LogP contribution in [0.4, 0.5) is 0 Å². The van der Waals surface area contributed by atoms with E-state index in [9.17, 15) is 0 Å². The summed E-state index contributed by atoms with van der Waals surface area (Å²) in [6.45, 7) is 8.72. The monoisotopic (exact) mass is 289 g/mol. The minimum atomic E-state index is 0.350. The van der Waals surface area contributed by atoms with Gasteiger partial charge in [0, 0.05) is 30.7 Å². The van der Waals surface area contributed by atoms with Crippen molar-refractivity contribution in [2.75, 3.05) is 32.8 Å². The minimum absolute atomic E-state index is 0.350. The lowest BCUT2D eigenvalue weighted by atomic mass is 10.1. The van der Waals surface area contributed by atoms with Crippen LogP contribution in [-0.4, -0.2) is 50.0 Å². The zero-order valence-corrected chi connectivity index (χ0v) is 11.2. The molecule has 4 heteroatoms. The van der Waals surface area contributed by atoms with Crippen molar-refractivity contribution in [1.82, 2.24) is 4.90 Å². The van der Waals surface area contributed by atoms with E-state index in [-0.39, 0.29) is 0 Å². The number of likely N-dealkylation sites (tertiary alicyclic amines) is 1. The topological polar surface area (TPSA) is 21.7 Å². The molecule has 16 heavy (non-hydrogen) atoms. The maximum Gasteiger partial charge on any atom is 0.0834 e. The van der Waals surface area contributed by atoms with Crippen LogP contribution in [0.5, 0.6) is 0 Å². The summed E-state index contributed by atoms with van der Waals surface area (Å²) in [6, 6.07) is 0. The number of ether oxygens (including phenoxy) is 2. The van der Waals surface area contributed by atoms with E-state index in [4.69, 9.17) is 9.47 Å². The van der Waals surface area contributed by atoms with Crippen molar-refractivity contribution < 1.29 is 9.47 Å². The molecule has 2 saturated heterocycles. The number of nitrogens with zero attached hydrogens (tertiary/aromatic N) is 1. The van der Waals surface area contributed by atoms with Crippen molar-refractivity contribution in [2.24, 2.45) is 0 Å². The van der Waals surface area contributed by atoms with Gasteiger partial charge in [0.2, 0.25) is 0 Å². The normalized spacial score (nSPS) is 28.4. The van der Waals surface area contributed by atoms with E-state index < -0.39 is 0 Å². The summed E-state index contributed by atoms with van der Waals surface area (Å²) in [7, 11) is 0. The Labute approximate surface area is 106 Å². The lowest BCUT2D eigenvalue weighted by Crippen LogP contribution is -2.39. The van der Waals surface area contributed by atoms with Crippen LogP contribution in [0.2, 0.25) is 0 Å². The number of halogens is 1. The van der Waals surface area contributed by atoms with Crippen LogP contribution in [-0.2, 0) is 9.47 Å². The van der Waals surface area contributed by atoms with Crippen LogP contribution in [0, 0.1) is 0 Å². The molecule has 0 aromatic heterocycles. The van der Waals surface area contributed by atoms with Gasteiger partial charge in [0.05, 0.1) is 18.8 Å². The van der Waals surface area contributed by atoms with Crippen LogP contribution in [0.25, 0.3) is 0 Å². The molecule has 0 aromatic rings. The quantitative estimate of drug-likeness (QED) is 0.792. The third kappa shape index (κ3) is 3.84. The molecular weight excluding hydrogens is 270 g/mol. The number of piperidine rings is 1. The highest BCUT2D eigenvalue weighted by Crippen LogP contribution is 2.20. The lowest BCUT2D eigenvalue weighted by Gasteiger charge is -2.32. The van der Waals surface area contributed by atoms with E-state index in [0.717, 1.165) is 56.6 Å². The summed E-state index contributed by atoms with van der Waals surface area (Å²) in [4.78, 5) is 2.42. The molecule has 0 saturated carbocycles. The zero-order chi connectivity index (χ0) is 11.4. The molecule has 2 rings (SSSR count). The van der Waals surface area contributed by atoms with Gasteiger partial charge in [-0.1, -0.05) is 22.5 Å². The molecule has 0 amide bonds. The Bertz CT molecular complexity index is 233. The van der Waals surface area contributed by atoms with Gasteiger partial charge in [-0.05, 0) is 19.3 Å². The number of rotatable bonds is 4. The fourth-order valence-electron chi connectivity index (χ4n) is 2.34. The molecule has 1 atom stereocenters. The first kappa shape index (κ1) is 12.6. The molecule has 2 fully saturated rings. The van der Waals surface area contributed by atoms with Crippen LogP contribution < -0.4 is 0 Å². The maximum absolute atomic E-state index is 6.02. The summed E-state index contributed by atoms with van der Waals surface area (Å²) >= 11 is 3.41. The standard InChI is InChI=1S/C12H20BrNO2/c1-10(13)8-14-5-2-11(3-6-14)16-12-4-7-15-9-12/h11-12H,1-9H2/t12-/m1/s1. The highest BCUT2D eigenvalue weighted by Gasteiger charge is 2.24. The second kappa shape index (κ2) is 6.15. The Morgan fingerprint density at radius 2 is 2.06 bits per heavy atom. The van der Waals surface area contributed by atoms with E-state index in [0.29, 0.717) is 12.2 Å². The molecule has 2 aliphatic rings. The molecule has 0 bridgehead atoms. The minimum Gasteiger partial charge on any atom is -0.379 e. The predicted molar refractivity (Wildman–Crippen MR) is 67.8 cm³/mol. The Morgan fingerprint density at radius 1 is 1.31 bits per heavy atom. The Hall–Kier alpha value is 0.1000. The average Bonchev–Trinajstić information content (AvgIpc) is 2.73. The first-order valence-electron chi connectivity index (χ1n) is 6.03. The number of hydrogen-bond donors (Lipinski definition) is 0. The van der Waals surface area contributed by atoms with E-state index in [1.807, 2.05) is 0 Å². The Morgan fingerprint density at radius 3 is 2.62 bits per heavy atom. The van der Waals surface area contributed by atoms with Gasteiger partial charge in [0.25, 0.3) is 0 Å². The molecule has 0 unspecified atom stereocenters. The van der Waals surface area contributed by atoms with Crippen LogP contribution in [0.1, 0.15) is 19.3 Å². The first-order valence-corrected chi connectivity index (χ1v) is 6.82. The van der Waals surface area contributed by atoms with Crippen molar-refractivity contribution in [3.05, 3.63) is 11.1 Å². The third-order valence-electron chi connectivity index (χ3n) is 3.20. The van der Waals surface area contributed by atoms with Gasteiger partial charge in [0.15, 0.2) is 0 Å². The second-order valence-corrected chi connectivity index (χ2v) is 5.74. The molecule has 0 radical (unpaired) electrons. The smallest absolute Gasteiger partial charge is 0.0834 e. The van der Waals surface area contributed by atoms with Crippen molar-refractivity contribution >= 4 is 15.9 Å². The van der Waals surface area contributed by atoms with Gasteiger partial charge in [0.1, 0.15) is 0 Å². The third-order valence-corrected chi connectivity index (χ3v) is 3.45. The van der Waals surface area contributed by atoms with Gasteiger partial charge in [-0.25, -0.2) is 0 Å². The Balaban J connectivity index is 1.66. The number of hydrogen-bond acceptors (Lipinski definition) is 3. The van der Waals surface area contributed by atoms with E-state index in [2.05, 4.69) is 27.4 Å². The molecule has 0 spiro atoms. The van der Waals surface area contributed by atoms with E-state index in [1.165, 1.54) is 0 Å². The van der Waals surface area contributed by atoms with Gasteiger partial charge < -0.3 is 9.47 Å². The molecule has 3 nitrogen and oxygen atoms in total. The lowest BCUT2D eigenvalue weighted by molar-refractivity contribution is -0.0426.